The minimum absolute atomic E-state index is 0.161. The van der Waals surface area contributed by atoms with Gasteiger partial charge in [0.05, 0.1) is 25.2 Å². The Morgan fingerprint density at radius 2 is 1.83 bits per heavy atom. The van der Waals surface area contributed by atoms with E-state index in [9.17, 15) is 22.8 Å². The lowest BCUT2D eigenvalue weighted by molar-refractivity contribution is -0.141. The zero-order valence-corrected chi connectivity index (χ0v) is 19.5. The first-order valence-electron chi connectivity index (χ1n) is 10.5. The second-order valence-electron chi connectivity index (χ2n) is 7.82. The van der Waals surface area contributed by atoms with E-state index in [2.05, 4.69) is 10.3 Å². The van der Waals surface area contributed by atoms with Gasteiger partial charge >= 0.3 is 6.18 Å². The lowest BCUT2D eigenvalue weighted by Crippen LogP contribution is -2.35. The highest BCUT2D eigenvalue weighted by Crippen LogP contribution is 2.36. The number of carbonyl (C=O) groups is 1. The highest BCUT2D eigenvalue weighted by Gasteiger charge is 2.35. The van der Waals surface area contributed by atoms with E-state index >= 15 is 0 Å². The highest BCUT2D eigenvalue weighted by atomic mass is 35.5. The Morgan fingerprint density at radius 1 is 1.11 bits per heavy atom. The molecule has 2 aromatic carbocycles. The number of carbonyl (C=O) groups excluding carboxylic acids is 1. The second kappa shape index (κ2) is 9.86. The standard InChI is InChI=1S/C24H19ClF3N5O3/c1-36-20-12-32(19(23(29)35)9-14-5-3-2-4-6-14)22(34)11-17(20)16-10-15(25)7-8-18(16)33-13-21(30-31-33)24(26,27)28/h2-8,10-13,19H,9H2,1H3,(H2,29,35)/t19-/m0/s1. The Morgan fingerprint density at radius 3 is 2.44 bits per heavy atom. The fraction of sp³-hybridized carbons (Fsp3) is 0.167. The van der Waals surface area contributed by atoms with Crippen LogP contribution in [0.15, 0.2) is 71.8 Å². The van der Waals surface area contributed by atoms with Crippen LogP contribution in [0, 0.1) is 0 Å². The Bertz CT molecular complexity index is 1470. The molecule has 1 atom stereocenters. The fourth-order valence-electron chi connectivity index (χ4n) is 3.75. The van der Waals surface area contributed by atoms with Crippen LogP contribution in [0.4, 0.5) is 13.2 Å². The summed E-state index contributed by atoms with van der Waals surface area (Å²) < 4.78 is 46.8. The zero-order chi connectivity index (χ0) is 26.0. The van der Waals surface area contributed by atoms with E-state index in [0.717, 1.165) is 16.4 Å². The number of halogens is 4. The molecule has 2 heterocycles. The van der Waals surface area contributed by atoms with Crippen LogP contribution in [-0.2, 0) is 17.4 Å². The smallest absolute Gasteiger partial charge is 0.436 e. The summed E-state index contributed by atoms with van der Waals surface area (Å²) in [6.45, 7) is 0. The summed E-state index contributed by atoms with van der Waals surface area (Å²) in [5.74, 6) is -0.560. The van der Waals surface area contributed by atoms with Gasteiger partial charge in [-0.3, -0.25) is 14.2 Å². The number of benzene rings is 2. The van der Waals surface area contributed by atoms with Gasteiger partial charge < -0.3 is 10.5 Å². The molecule has 186 valence electrons. The van der Waals surface area contributed by atoms with Gasteiger partial charge in [-0.25, -0.2) is 4.68 Å². The number of nitrogens with two attached hydrogens (primary N) is 1. The number of alkyl halides is 3. The van der Waals surface area contributed by atoms with Gasteiger partial charge in [-0.05, 0) is 23.8 Å². The molecular weight excluding hydrogens is 499 g/mol. The van der Waals surface area contributed by atoms with Crippen LogP contribution in [0.25, 0.3) is 16.8 Å². The maximum Gasteiger partial charge on any atom is 0.436 e. The van der Waals surface area contributed by atoms with Gasteiger partial charge in [-0.15, -0.1) is 5.10 Å². The number of pyridine rings is 1. The van der Waals surface area contributed by atoms with Gasteiger partial charge in [0.25, 0.3) is 5.56 Å². The number of hydrogen-bond donors (Lipinski definition) is 1. The third-order valence-electron chi connectivity index (χ3n) is 5.48. The van der Waals surface area contributed by atoms with Crippen molar-refractivity contribution < 1.29 is 22.7 Å². The number of ether oxygens (including phenoxy) is 1. The molecule has 0 aliphatic carbocycles. The lowest BCUT2D eigenvalue weighted by Gasteiger charge is -2.20. The van der Waals surface area contributed by atoms with E-state index in [1.165, 1.54) is 42.1 Å². The Kier molecular flexibility index (Phi) is 6.84. The van der Waals surface area contributed by atoms with Crippen LogP contribution in [0.1, 0.15) is 17.3 Å². The minimum Gasteiger partial charge on any atom is -0.495 e. The van der Waals surface area contributed by atoms with Gasteiger partial charge in [-0.2, -0.15) is 13.2 Å². The third kappa shape index (κ3) is 5.10. The van der Waals surface area contributed by atoms with E-state index < -0.39 is 29.4 Å². The Labute approximate surface area is 207 Å². The number of methoxy groups -OCH3 is 1. The molecule has 0 bridgehead atoms. The molecule has 0 saturated heterocycles. The van der Waals surface area contributed by atoms with Crippen LogP contribution < -0.4 is 16.0 Å². The molecule has 0 aliphatic heterocycles. The Hall–Kier alpha value is -4.12. The molecule has 0 unspecified atom stereocenters. The summed E-state index contributed by atoms with van der Waals surface area (Å²) in [6, 6.07) is 13.6. The molecular formula is C24H19ClF3N5O3. The SMILES string of the molecule is COc1cn([C@@H](Cc2ccccc2)C(N)=O)c(=O)cc1-c1cc(Cl)ccc1-n1cc(C(F)(F)F)nn1. The first kappa shape index (κ1) is 25.0. The Balaban J connectivity index is 1.84. The fourth-order valence-corrected chi connectivity index (χ4v) is 3.93. The van der Waals surface area contributed by atoms with E-state index in [-0.39, 0.29) is 34.0 Å². The van der Waals surface area contributed by atoms with E-state index in [1.54, 1.807) is 24.3 Å². The minimum atomic E-state index is -4.69. The van der Waals surface area contributed by atoms with Crippen molar-refractivity contribution >= 4 is 17.5 Å². The van der Waals surface area contributed by atoms with Crippen molar-refractivity contribution in [3.05, 3.63) is 93.6 Å². The predicted molar refractivity (Wildman–Crippen MR) is 126 cm³/mol. The van der Waals surface area contributed by atoms with Crippen LogP contribution in [0.5, 0.6) is 5.75 Å². The van der Waals surface area contributed by atoms with Crippen molar-refractivity contribution in [3.8, 4) is 22.6 Å². The summed E-state index contributed by atoms with van der Waals surface area (Å²) in [5, 5.41) is 7.02. The van der Waals surface area contributed by atoms with Crippen LogP contribution in [-0.4, -0.2) is 32.6 Å². The van der Waals surface area contributed by atoms with Gasteiger partial charge in [0.2, 0.25) is 5.91 Å². The summed E-state index contributed by atoms with van der Waals surface area (Å²) in [7, 11) is 1.35. The van der Waals surface area contributed by atoms with Crippen LogP contribution in [0.3, 0.4) is 0 Å². The summed E-state index contributed by atoms with van der Waals surface area (Å²) in [4.78, 5) is 25.4. The first-order valence-corrected chi connectivity index (χ1v) is 10.9. The van der Waals surface area contributed by atoms with Crippen molar-refractivity contribution in [2.75, 3.05) is 7.11 Å². The lowest BCUT2D eigenvalue weighted by atomic mass is 10.0. The average molecular weight is 518 g/mol. The molecule has 8 nitrogen and oxygen atoms in total. The summed E-state index contributed by atoms with van der Waals surface area (Å²) in [5.41, 5.74) is 5.31. The molecule has 0 saturated carbocycles. The monoisotopic (exact) mass is 517 g/mol. The summed E-state index contributed by atoms with van der Waals surface area (Å²) >= 11 is 6.17. The molecule has 12 heteroatoms. The van der Waals surface area contributed by atoms with Crippen LogP contribution >= 0.6 is 11.6 Å². The molecule has 0 fully saturated rings. The number of rotatable bonds is 7. The van der Waals surface area contributed by atoms with E-state index in [0.29, 0.717) is 0 Å². The maximum atomic E-state index is 13.2. The second-order valence-corrected chi connectivity index (χ2v) is 8.25. The molecule has 2 aromatic heterocycles. The molecule has 36 heavy (non-hydrogen) atoms. The molecule has 0 aliphatic rings. The van der Waals surface area contributed by atoms with Gasteiger partial charge in [0, 0.05) is 28.6 Å². The molecule has 0 spiro atoms. The number of amides is 1. The van der Waals surface area contributed by atoms with E-state index in [1.807, 2.05) is 6.07 Å². The average Bonchev–Trinajstić information content (AvgIpc) is 3.34. The summed E-state index contributed by atoms with van der Waals surface area (Å²) in [6.07, 6.45) is -2.46. The van der Waals surface area contributed by atoms with Crippen molar-refractivity contribution in [3.63, 3.8) is 0 Å². The number of nitrogens with zero attached hydrogens (tertiary/aromatic N) is 4. The van der Waals surface area contributed by atoms with Crippen molar-refractivity contribution in [1.29, 1.82) is 0 Å². The zero-order valence-electron chi connectivity index (χ0n) is 18.7. The number of aromatic nitrogens is 4. The van der Waals surface area contributed by atoms with Crippen LogP contribution in [0.2, 0.25) is 5.02 Å². The molecule has 4 rings (SSSR count). The van der Waals surface area contributed by atoms with Crippen molar-refractivity contribution in [2.24, 2.45) is 5.73 Å². The topological polar surface area (TPSA) is 105 Å². The normalized spacial score (nSPS) is 12.4. The maximum absolute atomic E-state index is 13.2. The molecule has 1 amide bonds. The first-order chi connectivity index (χ1) is 17.1. The van der Waals surface area contributed by atoms with Gasteiger partial charge in [0.15, 0.2) is 5.69 Å². The molecule has 2 N–H and O–H groups in total. The quantitative estimate of drug-likeness (QED) is 0.398. The number of primary amides is 1. The number of hydrogen-bond acceptors (Lipinski definition) is 5. The molecule has 4 aromatic rings. The van der Waals surface area contributed by atoms with Gasteiger partial charge in [-0.1, -0.05) is 47.1 Å². The van der Waals surface area contributed by atoms with Crippen molar-refractivity contribution in [1.82, 2.24) is 19.6 Å². The van der Waals surface area contributed by atoms with Gasteiger partial charge in [0.1, 0.15) is 11.8 Å². The van der Waals surface area contributed by atoms with Crippen molar-refractivity contribution in [2.45, 2.75) is 18.6 Å². The third-order valence-corrected chi connectivity index (χ3v) is 5.71. The highest BCUT2D eigenvalue weighted by molar-refractivity contribution is 6.31. The largest absolute Gasteiger partial charge is 0.495 e. The predicted octanol–water partition coefficient (Wildman–Crippen LogP) is 4.05. The van der Waals surface area contributed by atoms with E-state index in [4.69, 9.17) is 22.1 Å². The molecule has 0 radical (unpaired) electrons.